The molecule has 32 heavy (non-hydrogen) atoms. The van der Waals surface area contributed by atoms with E-state index in [9.17, 15) is 4.79 Å². The zero-order chi connectivity index (χ0) is 22.2. The number of imidazole rings is 1. The predicted octanol–water partition coefficient (Wildman–Crippen LogP) is 1.82. The van der Waals surface area contributed by atoms with Crippen molar-refractivity contribution in [3.05, 3.63) is 36.3 Å². The van der Waals surface area contributed by atoms with Crippen molar-refractivity contribution in [2.24, 2.45) is 0 Å². The van der Waals surface area contributed by atoms with Gasteiger partial charge in [-0.1, -0.05) is 6.07 Å². The highest BCUT2D eigenvalue weighted by atomic mass is 16.5. The molecule has 2 aliphatic heterocycles. The van der Waals surface area contributed by atoms with E-state index in [-0.39, 0.29) is 24.1 Å². The van der Waals surface area contributed by atoms with Crippen LogP contribution in [0.15, 0.2) is 30.5 Å². The van der Waals surface area contributed by atoms with Gasteiger partial charge in [0.05, 0.1) is 35.4 Å². The summed E-state index contributed by atoms with van der Waals surface area (Å²) < 4.78 is 8.21. The first-order valence-corrected chi connectivity index (χ1v) is 11.2. The van der Waals surface area contributed by atoms with Gasteiger partial charge in [0.1, 0.15) is 17.3 Å². The summed E-state index contributed by atoms with van der Waals surface area (Å²) in [5.74, 6) is 1.75. The highest BCUT2D eigenvalue weighted by Crippen LogP contribution is 2.28. The Bertz CT molecular complexity index is 1140. The number of carbonyl (C=O) groups is 1. The predicted molar refractivity (Wildman–Crippen MR) is 122 cm³/mol. The van der Waals surface area contributed by atoms with Crippen LogP contribution in [0.25, 0.3) is 22.4 Å². The number of nitrogens with zero attached hydrogens (tertiary/aromatic N) is 5. The smallest absolute Gasteiger partial charge is 0.239 e. The third-order valence-corrected chi connectivity index (χ3v) is 6.26. The summed E-state index contributed by atoms with van der Waals surface area (Å²) in [4.78, 5) is 29.2. The normalized spacial score (nSPS) is 23.7. The first-order chi connectivity index (χ1) is 15.5. The van der Waals surface area contributed by atoms with Gasteiger partial charge in [-0.25, -0.2) is 9.97 Å². The van der Waals surface area contributed by atoms with Crippen molar-refractivity contribution in [3.8, 4) is 11.4 Å². The highest BCUT2D eigenvalue weighted by molar-refractivity contribution is 5.89. The van der Waals surface area contributed by atoms with E-state index < -0.39 is 0 Å². The number of aryl methyl sites for hydroxylation is 1. The van der Waals surface area contributed by atoms with Gasteiger partial charge in [-0.15, -0.1) is 0 Å². The van der Waals surface area contributed by atoms with Crippen molar-refractivity contribution in [3.63, 3.8) is 0 Å². The van der Waals surface area contributed by atoms with E-state index >= 15 is 0 Å². The van der Waals surface area contributed by atoms with Crippen LogP contribution >= 0.6 is 0 Å². The molecule has 0 saturated carbocycles. The number of fused-ring (bicyclic) bond motifs is 5. The topological polar surface area (TPSA) is 97.2 Å². The Kier molecular flexibility index (Phi) is 5.52. The fourth-order valence-electron chi connectivity index (χ4n) is 4.76. The van der Waals surface area contributed by atoms with E-state index in [0.29, 0.717) is 32.7 Å². The van der Waals surface area contributed by atoms with E-state index in [4.69, 9.17) is 14.7 Å². The van der Waals surface area contributed by atoms with Gasteiger partial charge in [0.15, 0.2) is 0 Å². The van der Waals surface area contributed by atoms with Gasteiger partial charge >= 0.3 is 0 Å². The van der Waals surface area contributed by atoms with Crippen LogP contribution in [-0.2, 0) is 16.1 Å². The van der Waals surface area contributed by atoms with E-state index in [1.807, 2.05) is 45.2 Å². The van der Waals surface area contributed by atoms with Crippen LogP contribution in [0.2, 0.25) is 0 Å². The van der Waals surface area contributed by atoms with Gasteiger partial charge in [0.25, 0.3) is 0 Å². The maximum atomic E-state index is 13.1. The van der Waals surface area contributed by atoms with Gasteiger partial charge < -0.3 is 24.8 Å². The van der Waals surface area contributed by atoms with Gasteiger partial charge in [0.2, 0.25) is 5.91 Å². The monoisotopic (exact) mass is 435 g/mol. The molecule has 3 aromatic heterocycles. The van der Waals surface area contributed by atoms with E-state index in [2.05, 4.69) is 20.2 Å². The summed E-state index contributed by atoms with van der Waals surface area (Å²) in [6.45, 7) is 6.33. The average Bonchev–Trinajstić information content (AvgIpc) is 3.37. The molecule has 1 amide bonds. The lowest BCUT2D eigenvalue weighted by atomic mass is 10.1. The second-order valence-electron chi connectivity index (χ2n) is 8.54. The number of hydrogen-bond donors (Lipinski definition) is 2. The quantitative estimate of drug-likeness (QED) is 0.634. The maximum absolute atomic E-state index is 13.1. The van der Waals surface area contributed by atoms with Gasteiger partial charge in [-0.3, -0.25) is 9.78 Å². The first-order valence-electron chi connectivity index (χ1n) is 11.2. The molecule has 4 bridgehead atoms. The van der Waals surface area contributed by atoms with Crippen molar-refractivity contribution < 1.29 is 9.53 Å². The molecule has 2 N–H and O–H groups in total. The second kappa shape index (κ2) is 8.48. The van der Waals surface area contributed by atoms with Crippen LogP contribution in [-0.4, -0.2) is 75.3 Å². The molecule has 1 saturated heterocycles. The fraction of sp³-hybridized carbons (Fsp3) is 0.478. The molecule has 0 unspecified atom stereocenters. The Morgan fingerprint density at radius 2 is 2.09 bits per heavy atom. The van der Waals surface area contributed by atoms with Crippen LogP contribution in [0, 0.1) is 6.92 Å². The molecule has 9 nitrogen and oxygen atoms in total. The molecule has 5 heterocycles. The number of nitrogens with one attached hydrogen (secondary N) is 2. The Labute approximate surface area is 187 Å². The summed E-state index contributed by atoms with van der Waals surface area (Å²) in [5, 5.41) is 6.85. The van der Waals surface area contributed by atoms with Crippen LogP contribution in [0.1, 0.15) is 19.2 Å². The number of rotatable bonds is 2. The zero-order valence-electron chi connectivity index (χ0n) is 18.7. The lowest BCUT2D eigenvalue weighted by Crippen LogP contribution is -2.45. The molecule has 5 rings (SSSR count). The van der Waals surface area contributed by atoms with Crippen molar-refractivity contribution in [2.75, 3.05) is 32.1 Å². The number of anilines is 1. The molecule has 9 heteroatoms. The maximum Gasteiger partial charge on any atom is 0.239 e. The zero-order valence-corrected chi connectivity index (χ0v) is 18.7. The molecule has 0 radical (unpaired) electrons. The van der Waals surface area contributed by atoms with Crippen molar-refractivity contribution in [2.45, 2.75) is 45.0 Å². The largest absolute Gasteiger partial charge is 0.375 e. The van der Waals surface area contributed by atoms with Gasteiger partial charge in [-0.05, 0) is 38.5 Å². The van der Waals surface area contributed by atoms with Gasteiger partial charge in [-0.2, -0.15) is 0 Å². The minimum absolute atomic E-state index is 0.0881. The third kappa shape index (κ3) is 3.82. The summed E-state index contributed by atoms with van der Waals surface area (Å²) in [5.41, 5.74) is 3.40. The van der Waals surface area contributed by atoms with Gasteiger partial charge in [0, 0.05) is 39.0 Å². The van der Waals surface area contributed by atoms with E-state index in [0.717, 1.165) is 34.1 Å². The minimum Gasteiger partial charge on any atom is -0.375 e. The Hall–Kier alpha value is -3.04. The van der Waals surface area contributed by atoms with E-state index in [1.54, 1.807) is 11.1 Å². The summed E-state index contributed by atoms with van der Waals surface area (Å²) in [7, 11) is 1.85. The minimum atomic E-state index is -0.214. The first kappa shape index (κ1) is 20.8. The van der Waals surface area contributed by atoms with Crippen LogP contribution in [0.3, 0.4) is 0 Å². The summed E-state index contributed by atoms with van der Waals surface area (Å²) in [6, 6.07) is 7.76. The number of aromatic nitrogens is 4. The number of hydrogen-bond acceptors (Lipinski definition) is 7. The molecule has 3 aromatic rings. The lowest BCUT2D eigenvalue weighted by Gasteiger charge is -2.27. The highest BCUT2D eigenvalue weighted by Gasteiger charge is 2.32. The standard InChI is InChI=1S/C23H29N7O2/c1-4-32-16-12-29(3)23(31)19-10-15(11-25-19)27-20-7-5-6-17(28-20)21-22-18(8-9-24-21)26-14(2)30(22)13-16/h5-9,15-16,19,25H,4,10-13H2,1-3H3,(H,27,28)/t15-,16-,19-/m0/s1. The third-order valence-electron chi connectivity index (χ3n) is 6.26. The lowest BCUT2D eigenvalue weighted by molar-refractivity contribution is -0.133. The number of ether oxygens (including phenoxy) is 1. The van der Waals surface area contributed by atoms with E-state index in [1.165, 1.54) is 0 Å². The molecule has 2 aliphatic rings. The van der Waals surface area contributed by atoms with Crippen molar-refractivity contribution in [1.82, 2.24) is 29.7 Å². The molecule has 168 valence electrons. The molecule has 0 aromatic carbocycles. The molecular formula is C23H29N7O2. The molecule has 3 atom stereocenters. The molecule has 0 spiro atoms. The second-order valence-corrected chi connectivity index (χ2v) is 8.54. The van der Waals surface area contributed by atoms with Crippen LogP contribution < -0.4 is 10.6 Å². The molecule has 0 aliphatic carbocycles. The fourth-order valence-corrected chi connectivity index (χ4v) is 4.76. The van der Waals surface area contributed by atoms with Crippen molar-refractivity contribution >= 4 is 22.8 Å². The Balaban J connectivity index is 1.65. The van der Waals surface area contributed by atoms with Crippen molar-refractivity contribution in [1.29, 1.82) is 0 Å². The summed E-state index contributed by atoms with van der Waals surface area (Å²) in [6.07, 6.45) is 2.33. The average molecular weight is 436 g/mol. The molecular weight excluding hydrogens is 406 g/mol. The number of carbonyl (C=O) groups excluding carboxylic acids is 1. The SMILES string of the molecule is CCO[C@H]1CN(C)C(=O)[C@@H]2C[C@@H](CN2)Nc2cccc(n2)-c2nccc3nc(C)n(c23)C1. The van der Waals surface area contributed by atoms with Crippen LogP contribution in [0.4, 0.5) is 5.82 Å². The number of likely N-dealkylation sites (N-methyl/N-ethyl adjacent to an activating group) is 1. The number of pyridine rings is 2. The summed E-state index contributed by atoms with van der Waals surface area (Å²) >= 11 is 0. The Morgan fingerprint density at radius 1 is 1.22 bits per heavy atom. The molecule has 1 fully saturated rings. The number of amides is 1. The Morgan fingerprint density at radius 3 is 2.94 bits per heavy atom. The van der Waals surface area contributed by atoms with Crippen LogP contribution in [0.5, 0.6) is 0 Å².